The zero-order valence-corrected chi connectivity index (χ0v) is 9.59. The summed E-state index contributed by atoms with van der Waals surface area (Å²) in [6.45, 7) is 1.98. The van der Waals surface area contributed by atoms with Crippen molar-refractivity contribution in [1.82, 2.24) is 0 Å². The van der Waals surface area contributed by atoms with Crippen molar-refractivity contribution in [3.63, 3.8) is 0 Å². The van der Waals surface area contributed by atoms with Gasteiger partial charge in [-0.1, -0.05) is 35.9 Å². The normalized spacial score (nSPS) is 12.6. The third kappa shape index (κ3) is 4.61. The van der Waals surface area contributed by atoms with Gasteiger partial charge in [-0.3, -0.25) is 9.59 Å². The van der Waals surface area contributed by atoms with Crippen LogP contribution in [0.1, 0.15) is 17.5 Å². The first-order valence-electron chi connectivity index (χ1n) is 5.25. The molecule has 0 amide bonds. The minimum absolute atomic E-state index is 0.183. The van der Waals surface area contributed by atoms with Crippen molar-refractivity contribution in [1.29, 1.82) is 0 Å². The molecule has 0 bridgehead atoms. The number of aryl methyl sites for hydroxylation is 1. The van der Waals surface area contributed by atoms with Crippen LogP contribution in [0.2, 0.25) is 0 Å². The summed E-state index contributed by atoms with van der Waals surface area (Å²) in [5.41, 5.74) is 7.29. The maximum atomic E-state index is 11.4. The van der Waals surface area contributed by atoms with Crippen LogP contribution in [-0.2, 0) is 9.59 Å². The van der Waals surface area contributed by atoms with Crippen LogP contribution in [-0.4, -0.2) is 22.9 Å². The molecular weight excluding hydrogens is 218 g/mol. The number of carboxylic acids is 1. The average molecular weight is 233 g/mol. The van der Waals surface area contributed by atoms with Crippen LogP contribution in [0.15, 0.2) is 30.3 Å². The molecule has 1 aromatic carbocycles. The quantitative estimate of drug-likeness (QED) is 0.753. The van der Waals surface area contributed by atoms with Crippen molar-refractivity contribution < 1.29 is 14.7 Å². The average Bonchev–Trinajstić information content (AvgIpc) is 2.28. The lowest BCUT2D eigenvalue weighted by Crippen LogP contribution is -2.32. The summed E-state index contributed by atoms with van der Waals surface area (Å²) in [7, 11) is 0. The van der Waals surface area contributed by atoms with E-state index in [-0.39, 0.29) is 12.2 Å². The van der Waals surface area contributed by atoms with Gasteiger partial charge in [-0.15, -0.1) is 0 Å². The van der Waals surface area contributed by atoms with E-state index in [1.165, 1.54) is 6.08 Å². The fraction of sp³-hybridized carbons (Fsp3) is 0.231. The third-order valence-electron chi connectivity index (χ3n) is 2.28. The lowest BCUT2D eigenvalue weighted by atomic mass is 10.1. The third-order valence-corrected chi connectivity index (χ3v) is 2.28. The molecule has 1 aromatic rings. The Bertz CT molecular complexity index is 434. The molecule has 0 unspecified atom stereocenters. The first-order chi connectivity index (χ1) is 7.99. The summed E-state index contributed by atoms with van der Waals surface area (Å²) in [6.07, 6.45) is 2.82. The number of ketones is 1. The summed E-state index contributed by atoms with van der Waals surface area (Å²) in [5.74, 6) is -1.46. The topological polar surface area (TPSA) is 80.4 Å². The van der Waals surface area contributed by atoms with Gasteiger partial charge in [0.15, 0.2) is 5.78 Å². The van der Waals surface area contributed by atoms with Crippen LogP contribution in [0, 0.1) is 6.92 Å². The van der Waals surface area contributed by atoms with Crippen molar-refractivity contribution in [2.24, 2.45) is 5.73 Å². The molecule has 0 aliphatic rings. The highest BCUT2D eigenvalue weighted by Gasteiger charge is 2.14. The van der Waals surface area contributed by atoms with Crippen LogP contribution in [0.25, 0.3) is 6.08 Å². The predicted octanol–water partition coefficient (Wildman–Crippen LogP) is 1.38. The number of hydrogen-bond donors (Lipinski definition) is 2. The van der Waals surface area contributed by atoms with Crippen LogP contribution < -0.4 is 5.73 Å². The van der Waals surface area contributed by atoms with E-state index in [4.69, 9.17) is 10.8 Å². The summed E-state index contributed by atoms with van der Waals surface area (Å²) in [6, 6.07) is 6.51. The Morgan fingerprint density at radius 3 is 2.47 bits per heavy atom. The van der Waals surface area contributed by atoms with Gasteiger partial charge < -0.3 is 10.8 Å². The number of carboxylic acid groups (broad SMARTS) is 1. The Hall–Kier alpha value is -1.94. The van der Waals surface area contributed by atoms with Crippen molar-refractivity contribution in [3.8, 4) is 0 Å². The monoisotopic (exact) mass is 233 g/mol. The zero-order chi connectivity index (χ0) is 12.8. The number of nitrogens with two attached hydrogens (primary N) is 1. The molecule has 0 radical (unpaired) electrons. The Morgan fingerprint density at radius 2 is 1.94 bits per heavy atom. The number of allylic oxidation sites excluding steroid dienone is 1. The van der Waals surface area contributed by atoms with Crippen molar-refractivity contribution in [3.05, 3.63) is 41.5 Å². The van der Waals surface area contributed by atoms with Gasteiger partial charge in [0.1, 0.15) is 6.04 Å². The second-order valence-electron chi connectivity index (χ2n) is 3.86. The second-order valence-corrected chi connectivity index (χ2v) is 3.86. The summed E-state index contributed by atoms with van der Waals surface area (Å²) in [4.78, 5) is 21.8. The van der Waals surface area contributed by atoms with E-state index < -0.39 is 12.0 Å². The Morgan fingerprint density at radius 1 is 1.35 bits per heavy atom. The fourth-order valence-corrected chi connectivity index (χ4v) is 1.24. The van der Waals surface area contributed by atoms with Gasteiger partial charge in [-0.2, -0.15) is 0 Å². The molecule has 0 spiro atoms. The van der Waals surface area contributed by atoms with Crippen LogP contribution >= 0.6 is 0 Å². The van der Waals surface area contributed by atoms with E-state index in [1.54, 1.807) is 6.08 Å². The molecule has 3 N–H and O–H groups in total. The zero-order valence-electron chi connectivity index (χ0n) is 9.59. The number of carbonyl (C=O) groups excluding carboxylic acids is 1. The fourth-order valence-electron chi connectivity index (χ4n) is 1.24. The van der Waals surface area contributed by atoms with Crippen LogP contribution in [0.3, 0.4) is 0 Å². The molecule has 4 heteroatoms. The second kappa shape index (κ2) is 5.96. The number of aliphatic carboxylic acids is 1. The smallest absolute Gasteiger partial charge is 0.320 e. The highest BCUT2D eigenvalue weighted by molar-refractivity contribution is 5.96. The molecule has 0 saturated carbocycles. The van der Waals surface area contributed by atoms with E-state index in [9.17, 15) is 9.59 Å². The molecule has 0 aliphatic carbocycles. The van der Waals surface area contributed by atoms with E-state index in [0.29, 0.717) is 0 Å². The predicted molar refractivity (Wildman–Crippen MR) is 65.4 cm³/mol. The molecule has 90 valence electrons. The summed E-state index contributed by atoms with van der Waals surface area (Å²) >= 11 is 0. The Labute approximate surface area is 99.8 Å². The van der Waals surface area contributed by atoms with Gasteiger partial charge in [0, 0.05) is 6.42 Å². The summed E-state index contributed by atoms with van der Waals surface area (Å²) < 4.78 is 0. The van der Waals surface area contributed by atoms with E-state index in [2.05, 4.69) is 0 Å². The molecule has 0 aromatic heterocycles. The molecule has 1 atom stereocenters. The van der Waals surface area contributed by atoms with Gasteiger partial charge >= 0.3 is 5.97 Å². The Kier molecular flexibility index (Phi) is 4.60. The van der Waals surface area contributed by atoms with Crippen LogP contribution in [0.4, 0.5) is 0 Å². The highest BCUT2D eigenvalue weighted by atomic mass is 16.4. The maximum Gasteiger partial charge on any atom is 0.320 e. The molecule has 0 aliphatic heterocycles. The maximum absolute atomic E-state index is 11.4. The first-order valence-corrected chi connectivity index (χ1v) is 5.25. The summed E-state index contributed by atoms with van der Waals surface area (Å²) in [5, 5.41) is 8.55. The van der Waals surface area contributed by atoms with Crippen molar-refractivity contribution in [2.45, 2.75) is 19.4 Å². The van der Waals surface area contributed by atoms with Gasteiger partial charge in [0.25, 0.3) is 0 Å². The number of benzene rings is 1. The van der Waals surface area contributed by atoms with E-state index in [1.807, 2.05) is 31.2 Å². The van der Waals surface area contributed by atoms with E-state index in [0.717, 1.165) is 11.1 Å². The molecule has 0 heterocycles. The number of carbonyl (C=O) groups is 2. The molecule has 4 nitrogen and oxygen atoms in total. The van der Waals surface area contributed by atoms with E-state index >= 15 is 0 Å². The Balaban J connectivity index is 2.56. The van der Waals surface area contributed by atoms with Crippen molar-refractivity contribution in [2.75, 3.05) is 0 Å². The van der Waals surface area contributed by atoms with Gasteiger partial charge in [0.05, 0.1) is 0 Å². The van der Waals surface area contributed by atoms with Crippen LogP contribution in [0.5, 0.6) is 0 Å². The number of hydrogen-bond acceptors (Lipinski definition) is 3. The van der Waals surface area contributed by atoms with Gasteiger partial charge in [0.2, 0.25) is 0 Å². The SMILES string of the molecule is Cc1ccc(C=CC(=O)C[C@@H](N)C(=O)O)cc1. The molecule has 17 heavy (non-hydrogen) atoms. The first kappa shape index (κ1) is 13.1. The molecule has 1 rings (SSSR count). The standard InChI is InChI=1S/C13H15NO3/c1-9-2-4-10(5-3-9)6-7-11(15)8-12(14)13(16)17/h2-7,12H,8,14H2,1H3,(H,16,17)/t12-/m1/s1. The minimum Gasteiger partial charge on any atom is -0.480 e. The molecular formula is C13H15NO3. The minimum atomic E-state index is -1.16. The van der Waals surface area contributed by atoms with Gasteiger partial charge in [-0.25, -0.2) is 0 Å². The lowest BCUT2D eigenvalue weighted by molar-refractivity contribution is -0.139. The lowest BCUT2D eigenvalue weighted by Gasteiger charge is -2.01. The molecule has 0 fully saturated rings. The number of rotatable bonds is 5. The molecule has 0 saturated heterocycles. The highest BCUT2D eigenvalue weighted by Crippen LogP contribution is 2.05. The van der Waals surface area contributed by atoms with Gasteiger partial charge in [-0.05, 0) is 18.6 Å². The largest absolute Gasteiger partial charge is 0.480 e. The van der Waals surface area contributed by atoms with Crippen molar-refractivity contribution >= 4 is 17.8 Å².